The van der Waals surface area contributed by atoms with Crippen LogP contribution in [0.4, 0.5) is 0 Å². The summed E-state index contributed by atoms with van der Waals surface area (Å²) >= 11 is 5.96. The van der Waals surface area contributed by atoms with Gasteiger partial charge in [-0.2, -0.15) is 0 Å². The molecule has 2 rings (SSSR count). The standard InChI is InChI=1S/C13H15ClN2O/c1-3-6-15-13(17)12-8(2)16-11-5-4-9(14)7-10(11)12/h4-5,7,16H,3,6H2,1-2H3,(H,15,17). The zero-order valence-electron chi connectivity index (χ0n) is 9.93. The van der Waals surface area contributed by atoms with Crippen molar-refractivity contribution in [2.45, 2.75) is 20.3 Å². The highest BCUT2D eigenvalue weighted by Gasteiger charge is 2.15. The molecule has 0 bridgehead atoms. The SMILES string of the molecule is CCCNC(=O)c1c(C)[nH]c2ccc(Cl)cc12. The molecule has 0 aliphatic carbocycles. The van der Waals surface area contributed by atoms with E-state index in [0.29, 0.717) is 17.1 Å². The van der Waals surface area contributed by atoms with Crippen molar-refractivity contribution in [3.63, 3.8) is 0 Å². The molecule has 1 amide bonds. The number of aryl methyl sites for hydroxylation is 1. The average molecular weight is 251 g/mol. The largest absolute Gasteiger partial charge is 0.358 e. The third-order valence-corrected chi connectivity index (χ3v) is 2.95. The number of hydrogen-bond donors (Lipinski definition) is 2. The highest BCUT2D eigenvalue weighted by molar-refractivity contribution is 6.31. The van der Waals surface area contributed by atoms with Crippen LogP contribution in [-0.2, 0) is 0 Å². The van der Waals surface area contributed by atoms with Crippen LogP contribution >= 0.6 is 11.6 Å². The first-order chi connectivity index (χ1) is 8.13. The number of rotatable bonds is 3. The molecule has 0 radical (unpaired) electrons. The number of aromatic amines is 1. The van der Waals surface area contributed by atoms with Crippen LogP contribution in [0.5, 0.6) is 0 Å². The van der Waals surface area contributed by atoms with E-state index < -0.39 is 0 Å². The Bertz CT molecular complexity index is 560. The van der Waals surface area contributed by atoms with Crippen molar-refractivity contribution < 1.29 is 4.79 Å². The Kier molecular flexibility index (Phi) is 3.38. The second-order valence-corrected chi connectivity index (χ2v) is 4.51. The number of H-pyrrole nitrogens is 1. The lowest BCUT2D eigenvalue weighted by atomic mass is 10.1. The van der Waals surface area contributed by atoms with E-state index in [9.17, 15) is 4.79 Å². The Hall–Kier alpha value is -1.48. The summed E-state index contributed by atoms with van der Waals surface area (Å²) in [4.78, 5) is 15.2. The van der Waals surface area contributed by atoms with E-state index in [1.165, 1.54) is 0 Å². The van der Waals surface area contributed by atoms with Gasteiger partial charge in [0.2, 0.25) is 0 Å². The van der Waals surface area contributed by atoms with Crippen molar-refractivity contribution in [1.29, 1.82) is 0 Å². The first kappa shape index (κ1) is 12.0. The van der Waals surface area contributed by atoms with E-state index in [2.05, 4.69) is 10.3 Å². The summed E-state index contributed by atoms with van der Waals surface area (Å²) in [6.07, 6.45) is 0.925. The smallest absolute Gasteiger partial charge is 0.253 e. The van der Waals surface area contributed by atoms with Crippen molar-refractivity contribution in [3.05, 3.63) is 34.5 Å². The molecule has 0 spiro atoms. The molecular weight excluding hydrogens is 236 g/mol. The molecule has 0 unspecified atom stereocenters. The predicted molar refractivity (Wildman–Crippen MR) is 70.7 cm³/mol. The Labute approximate surface area is 105 Å². The van der Waals surface area contributed by atoms with E-state index in [4.69, 9.17) is 11.6 Å². The van der Waals surface area contributed by atoms with Crippen LogP contribution in [0.2, 0.25) is 5.02 Å². The first-order valence-corrected chi connectivity index (χ1v) is 6.07. The molecule has 0 aliphatic rings. The molecule has 1 aromatic carbocycles. The van der Waals surface area contributed by atoms with Gasteiger partial charge in [0.15, 0.2) is 0 Å². The van der Waals surface area contributed by atoms with Gasteiger partial charge in [0.05, 0.1) is 5.56 Å². The summed E-state index contributed by atoms with van der Waals surface area (Å²) in [5.41, 5.74) is 2.50. The number of carbonyl (C=O) groups excluding carboxylic acids is 1. The van der Waals surface area contributed by atoms with Gasteiger partial charge in [0.1, 0.15) is 0 Å². The molecule has 90 valence electrons. The summed E-state index contributed by atoms with van der Waals surface area (Å²) in [5, 5.41) is 4.40. The maximum atomic E-state index is 12.0. The predicted octanol–water partition coefficient (Wildman–Crippen LogP) is 3.27. The minimum atomic E-state index is -0.0436. The average Bonchev–Trinajstić information content (AvgIpc) is 2.61. The molecule has 0 saturated carbocycles. The Morgan fingerprint density at radius 2 is 2.24 bits per heavy atom. The lowest BCUT2D eigenvalue weighted by molar-refractivity contribution is 0.0955. The van der Waals surface area contributed by atoms with Gasteiger partial charge < -0.3 is 10.3 Å². The van der Waals surface area contributed by atoms with Crippen LogP contribution in [-0.4, -0.2) is 17.4 Å². The van der Waals surface area contributed by atoms with Gasteiger partial charge in [-0.25, -0.2) is 0 Å². The number of carbonyl (C=O) groups is 1. The molecule has 0 atom stereocenters. The van der Waals surface area contributed by atoms with Crippen molar-refractivity contribution in [2.75, 3.05) is 6.54 Å². The van der Waals surface area contributed by atoms with Gasteiger partial charge in [0, 0.05) is 28.2 Å². The summed E-state index contributed by atoms with van der Waals surface area (Å²) in [6, 6.07) is 5.52. The van der Waals surface area contributed by atoms with Gasteiger partial charge in [-0.3, -0.25) is 4.79 Å². The number of hydrogen-bond acceptors (Lipinski definition) is 1. The lowest BCUT2D eigenvalue weighted by Crippen LogP contribution is -2.24. The number of amides is 1. The fourth-order valence-corrected chi connectivity index (χ4v) is 2.09. The fourth-order valence-electron chi connectivity index (χ4n) is 1.92. The Balaban J connectivity index is 2.48. The molecule has 0 saturated heterocycles. The molecule has 4 heteroatoms. The van der Waals surface area contributed by atoms with Gasteiger partial charge in [-0.1, -0.05) is 18.5 Å². The zero-order valence-corrected chi connectivity index (χ0v) is 10.7. The number of halogens is 1. The number of nitrogens with one attached hydrogen (secondary N) is 2. The van der Waals surface area contributed by atoms with Gasteiger partial charge in [-0.05, 0) is 31.5 Å². The normalized spacial score (nSPS) is 10.8. The van der Waals surface area contributed by atoms with Gasteiger partial charge in [-0.15, -0.1) is 0 Å². The molecule has 0 fully saturated rings. The third kappa shape index (κ3) is 2.29. The van der Waals surface area contributed by atoms with Gasteiger partial charge >= 0.3 is 0 Å². The number of aromatic nitrogens is 1. The van der Waals surface area contributed by atoms with Crippen molar-refractivity contribution >= 4 is 28.4 Å². The van der Waals surface area contributed by atoms with E-state index in [1.807, 2.05) is 32.0 Å². The minimum absolute atomic E-state index is 0.0436. The van der Waals surface area contributed by atoms with E-state index in [1.54, 1.807) is 0 Å². The molecule has 1 heterocycles. The highest BCUT2D eigenvalue weighted by Crippen LogP contribution is 2.25. The quantitative estimate of drug-likeness (QED) is 0.863. The minimum Gasteiger partial charge on any atom is -0.358 e. The molecule has 1 aromatic heterocycles. The topological polar surface area (TPSA) is 44.9 Å². The second-order valence-electron chi connectivity index (χ2n) is 4.07. The zero-order chi connectivity index (χ0) is 12.4. The number of fused-ring (bicyclic) bond motifs is 1. The van der Waals surface area contributed by atoms with E-state index >= 15 is 0 Å². The summed E-state index contributed by atoms with van der Waals surface area (Å²) in [7, 11) is 0. The molecular formula is C13H15ClN2O. The summed E-state index contributed by atoms with van der Waals surface area (Å²) in [5.74, 6) is -0.0436. The molecule has 2 N–H and O–H groups in total. The van der Waals surface area contributed by atoms with Crippen LogP contribution in [0.1, 0.15) is 29.4 Å². The molecule has 17 heavy (non-hydrogen) atoms. The van der Waals surface area contributed by atoms with E-state index in [0.717, 1.165) is 23.0 Å². The van der Waals surface area contributed by atoms with Crippen LogP contribution < -0.4 is 5.32 Å². The van der Waals surface area contributed by atoms with Crippen molar-refractivity contribution in [1.82, 2.24) is 10.3 Å². The van der Waals surface area contributed by atoms with Crippen molar-refractivity contribution in [3.8, 4) is 0 Å². The number of benzene rings is 1. The third-order valence-electron chi connectivity index (χ3n) is 2.71. The molecule has 3 nitrogen and oxygen atoms in total. The van der Waals surface area contributed by atoms with E-state index in [-0.39, 0.29) is 5.91 Å². The molecule has 2 aromatic rings. The van der Waals surface area contributed by atoms with Crippen LogP contribution in [0.25, 0.3) is 10.9 Å². The summed E-state index contributed by atoms with van der Waals surface area (Å²) in [6.45, 7) is 4.61. The van der Waals surface area contributed by atoms with Crippen LogP contribution in [0.15, 0.2) is 18.2 Å². The Morgan fingerprint density at radius 1 is 1.47 bits per heavy atom. The second kappa shape index (κ2) is 4.80. The maximum Gasteiger partial charge on any atom is 0.253 e. The summed E-state index contributed by atoms with van der Waals surface area (Å²) < 4.78 is 0. The van der Waals surface area contributed by atoms with Crippen LogP contribution in [0, 0.1) is 6.92 Å². The van der Waals surface area contributed by atoms with Crippen LogP contribution in [0.3, 0.4) is 0 Å². The van der Waals surface area contributed by atoms with Gasteiger partial charge in [0.25, 0.3) is 5.91 Å². The van der Waals surface area contributed by atoms with Crippen molar-refractivity contribution in [2.24, 2.45) is 0 Å². The maximum absolute atomic E-state index is 12.0. The molecule has 0 aliphatic heterocycles. The fraction of sp³-hybridized carbons (Fsp3) is 0.308. The first-order valence-electron chi connectivity index (χ1n) is 5.69. The Morgan fingerprint density at radius 3 is 2.94 bits per heavy atom. The lowest BCUT2D eigenvalue weighted by Gasteiger charge is -2.03. The monoisotopic (exact) mass is 250 g/mol. The highest BCUT2D eigenvalue weighted by atomic mass is 35.5.